The van der Waals surface area contributed by atoms with Gasteiger partial charge in [-0.15, -0.1) is 11.3 Å². The number of aromatic nitrogens is 2. The molecule has 2 atom stereocenters. The van der Waals surface area contributed by atoms with Gasteiger partial charge in [-0.1, -0.05) is 6.07 Å². The molecule has 2 bridgehead atoms. The molecule has 5 aliphatic rings. The van der Waals surface area contributed by atoms with Crippen LogP contribution in [-0.2, 0) is 6.18 Å². The van der Waals surface area contributed by atoms with Crippen molar-refractivity contribution in [2.24, 2.45) is 5.41 Å². The fourth-order valence-corrected chi connectivity index (χ4v) is 9.79. The maximum atomic E-state index is 17.0. The van der Waals surface area contributed by atoms with E-state index in [1.807, 2.05) is 11.0 Å². The minimum atomic E-state index is -5.09. The summed E-state index contributed by atoms with van der Waals surface area (Å²) in [6, 6.07) is 4.26. The number of hydrogen-bond donors (Lipinski definition) is 2. The molecule has 0 unspecified atom stereocenters. The van der Waals surface area contributed by atoms with E-state index < -0.39 is 51.7 Å². The average Bonchev–Trinajstić information content (AvgIpc) is 3.64. The third kappa shape index (κ3) is 4.34. The molecule has 2 aromatic carbocycles. The van der Waals surface area contributed by atoms with Crippen LogP contribution in [0.25, 0.3) is 32.1 Å². The van der Waals surface area contributed by atoms with Crippen molar-refractivity contribution in [3.8, 4) is 23.2 Å². The zero-order valence-electron chi connectivity index (χ0n) is 25.7. The number of aliphatic hydroxyl groups is 1. The summed E-state index contributed by atoms with van der Waals surface area (Å²) in [7, 11) is 1.67. The number of nitriles is 1. The number of fused-ring (bicyclic) bond motifs is 3. The van der Waals surface area contributed by atoms with Gasteiger partial charge in [0.05, 0.1) is 21.4 Å². The van der Waals surface area contributed by atoms with Crippen molar-refractivity contribution in [1.82, 2.24) is 14.9 Å². The second kappa shape index (κ2) is 10.3. The minimum absolute atomic E-state index is 0.00819. The van der Waals surface area contributed by atoms with Gasteiger partial charge in [-0.25, -0.2) is 13.2 Å². The highest BCUT2D eigenvalue weighted by atomic mass is 32.1. The van der Waals surface area contributed by atoms with Crippen LogP contribution in [0.4, 0.5) is 37.2 Å². The summed E-state index contributed by atoms with van der Waals surface area (Å²) in [5.41, 5.74) is 1.27. The maximum Gasteiger partial charge on any atom is 0.417 e. The van der Waals surface area contributed by atoms with E-state index in [-0.39, 0.29) is 75.0 Å². The van der Waals surface area contributed by atoms with Crippen LogP contribution < -0.4 is 15.4 Å². The van der Waals surface area contributed by atoms with Crippen molar-refractivity contribution in [1.29, 1.82) is 5.26 Å². The van der Waals surface area contributed by atoms with Gasteiger partial charge < -0.3 is 20.5 Å². The summed E-state index contributed by atoms with van der Waals surface area (Å²) >= 11 is 0.690. The van der Waals surface area contributed by atoms with E-state index in [0.29, 0.717) is 43.6 Å². The second-order valence-electron chi connectivity index (χ2n) is 13.9. The number of halogens is 6. The Balaban J connectivity index is 1.34. The maximum absolute atomic E-state index is 17.0. The number of anilines is 2. The molecule has 5 fully saturated rings. The Labute approximate surface area is 274 Å². The SMILES string of the molecule is CN(c1nc(OC[C@@]23CCCN2C[C@H](F)C3)nc2c(F)c(-c3ccc(F)c4sc(N)c(C#N)c34)c(C(F)(F)F)cc12)C12CC(CO)(C1)C2. The second-order valence-corrected chi connectivity index (χ2v) is 15.0. The highest BCUT2D eigenvalue weighted by molar-refractivity contribution is 7.23. The quantitative estimate of drug-likeness (QED) is 0.210. The van der Waals surface area contributed by atoms with Crippen LogP contribution in [-0.4, -0.2) is 70.6 Å². The van der Waals surface area contributed by atoms with Crippen LogP contribution in [0.5, 0.6) is 6.01 Å². The molecule has 9 rings (SSSR count). The van der Waals surface area contributed by atoms with Crippen molar-refractivity contribution in [3.63, 3.8) is 0 Å². The van der Waals surface area contributed by atoms with Crippen LogP contribution in [0.2, 0.25) is 0 Å². The lowest BCUT2D eigenvalue weighted by molar-refractivity contribution is -0.160. The first-order valence-corrected chi connectivity index (χ1v) is 16.4. The van der Waals surface area contributed by atoms with E-state index in [1.165, 1.54) is 0 Å². The van der Waals surface area contributed by atoms with Gasteiger partial charge in [-0.05, 0) is 56.3 Å². The highest BCUT2D eigenvalue weighted by Crippen LogP contribution is 2.70. The van der Waals surface area contributed by atoms with Gasteiger partial charge in [0, 0.05) is 53.9 Å². The predicted molar refractivity (Wildman–Crippen MR) is 167 cm³/mol. The first kappa shape index (κ1) is 31.4. The molecular formula is C33H30F6N6O2S. The molecule has 0 spiro atoms. The number of thiophene rings is 1. The van der Waals surface area contributed by atoms with Crippen molar-refractivity contribution in [2.45, 2.75) is 62.0 Å². The Morgan fingerprint density at radius 3 is 2.67 bits per heavy atom. The molecule has 252 valence electrons. The number of hydrogen-bond acceptors (Lipinski definition) is 9. The van der Waals surface area contributed by atoms with Gasteiger partial charge in [0.25, 0.3) is 0 Å². The molecule has 3 saturated carbocycles. The highest BCUT2D eigenvalue weighted by Gasteiger charge is 2.69. The number of ether oxygens (including phenoxy) is 1. The van der Waals surface area contributed by atoms with Gasteiger partial charge in [0.1, 0.15) is 41.0 Å². The third-order valence-electron chi connectivity index (χ3n) is 11.1. The van der Waals surface area contributed by atoms with E-state index in [1.54, 1.807) is 11.9 Å². The third-order valence-corrected chi connectivity index (χ3v) is 12.1. The zero-order chi connectivity index (χ0) is 34.0. The van der Waals surface area contributed by atoms with Crippen molar-refractivity contribution in [2.75, 3.05) is 44.0 Å². The number of nitrogen functional groups attached to an aromatic ring is 1. The molecule has 2 aromatic heterocycles. The summed E-state index contributed by atoms with van der Waals surface area (Å²) in [5.74, 6) is -2.14. The number of alkyl halides is 4. The Bertz CT molecular complexity index is 2040. The molecule has 48 heavy (non-hydrogen) atoms. The Morgan fingerprint density at radius 2 is 1.98 bits per heavy atom. The Kier molecular flexibility index (Phi) is 6.75. The van der Waals surface area contributed by atoms with Crippen molar-refractivity contribution < 1.29 is 36.2 Å². The minimum Gasteiger partial charge on any atom is -0.461 e. The van der Waals surface area contributed by atoms with Gasteiger partial charge in [-0.2, -0.15) is 28.4 Å². The molecular weight excluding hydrogens is 658 g/mol. The van der Waals surface area contributed by atoms with Crippen LogP contribution in [0.3, 0.4) is 0 Å². The first-order chi connectivity index (χ1) is 22.7. The Hall–Kier alpha value is -3.87. The Morgan fingerprint density at radius 1 is 1.23 bits per heavy atom. The van der Waals surface area contributed by atoms with E-state index in [0.717, 1.165) is 24.6 Å². The molecule has 3 N–H and O–H groups in total. The molecule has 0 radical (unpaired) electrons. The molecule has 3 aliphatic carbocycles. The number of aliphatic hydroxyl groups excluding tert-OH is 1. The van der Waals surface area contributed by atoms with E-state index >= 15 is 4.39 Å². The van der Waals surface area contributed by atoms with Crippen LogP contribution in [0.1, 0.15) is 49.7 Å². The smallest absolute Gasteiger partial charge is 0.417 e. The molecule has 2 aliphatic heterocycles. The van der Waals surface area contributed by atoms with E-state index in [4.69, 9.17) is 10.5 Å². The van der Waals surface area contributed by atoms with Gasteiger partial charge in [-0.3, -0.25) is 4.90 Å². The predicted octanol–water partition coefficient (Wildman–Crippen LogP) is 6.57. The van der Waals surface area contributed by atoms with Gasteiger partial charge >= 0.3 is 12.2 Å². The van der Waals surface area contributed by atoms with E-state index in [2.05, 4.69) is 9.97 Å². The van der Waals surface area contributed by atoms with Crippen molar-refractivity contribution in [3.05, 3.63) is 41.0 Å². The molecule has 4 heterocycles. The molecule has 4 aromatic rings. The topological polar surface area (TPSA) is 112 Å². The monoisotopic (exact) mass is 688 g/mol. The lowest BCUT2D eigenvalue weighted by Gasteiger charge is -2.73. The molecule has 8 nitrogen and oxygen atoms in total. The first-order valence-electron chi connectivity index (χ1n) is 15.6. The van der Waals surface area contributed by atoms with Crippen LogP contribution >= 0.6 is 11.3 Å². The zero-order valence-corrected chi connectivity index (χ0v) is 26.5. The lowest BCUT2D eigenvalue weighted by atomic mass is 9.39. The average molecular weight is 689 g/mol. The molecule has 2 saturated heterocycles. The van der Waals surface area contributed by atoms with E-state index in [9.17, 15) is 32.3 Å². The normalized spacial score (nSPS) is 27.9. The number of nitrogens with two attached hydrogens (primary N) is 1. The fraction of sp³-hybridized carbons (Fsp3) is 0.485. The summed E-state index contributed by atoms with van der Waals surface area (Å²) in [4.78, 5) is 12.6. The number of benzene rings is 2. The standard InChI is InChI=1S/C33H30F6N6O2S/c1-44(32-11-30(12-32,13-32)14-46)28-18-7-20(33(37,38)39)23(17-3-4-21(35)26-22(17)19(9-40)27(41)48-26)24(36)25(18)42-29(43-28)47-15-31-5-2-6-45(31)10-16(34)8-31/h3-4,7,16,46H,2,5-6,8,10-15,41H2,1H3/t16-,30?,31+,32?/m1/s1. The fourth-order valence-electron chi connectivity index (χ4n) is 8.84. The summed E-state index contributed by atoms with van der Waals surface area (Å²) in [6.45, 7) is 0.963. The largest absolute Gasteiger partial charge is 0.461 e. The van der Waals surface area contributed by atoms with Gasteiger partial charge in [0.15, 0.2) is 5.82 Å². The van der Waals surface area contributed by atoms with Crippen LogP contribution in [0, 0.1) is 28.4 Å². The lowest BCUT2D eigenvalue weighted by Crippen LogP contribution is -2.75. The van der Waals surface area contributed by atoms with Crippen molar-refractivity contribution >= 4 is 43.1 Å². The summed E-state index contributed by atoms with van der Waals surface area (Å²) in [5, 5.41) is 19.1. The van der Waals surface area contributed by atoms with Gasteiger partial charge in [0.2, 0.25) is 0 Å². The van der Waals surface area contributed by atoms with Crippen LogP contribution in [0.15, 0.2) is 18.2 Å². The number of nitrogens with zero attached hydrogens (tertiary/aromatic N) is 5. The number of rotatable bonds is 7. The molecule has 15 heteroatoms. The summed E-state index contributed by atoms with van der Waals surface area (Å²) < 4.78 is 97.0. The molecule has 0 amide bonds. The summed E-state index contributed by atoms with van der Waals surface area (Å²) in [6.07, 6.45) is -2.59.